The van der Waals surface area contributed by atoms with Crippen LogP contribution in [-0.2, 0) is 6.54 Å². The molecule has 134 valence electrons. The van der Waals surface area contributed by atoms with Crippen molar-refractivity contribution in [1.82, 2.24) is 10.3 Å². The molecular formula is C24H22N2O. The Morgan fingerprint density at radius 3 is 2.44 bits per heavy atom. The van der Waals surface area contributed by atoms with Crippen LogP contribution in [0.4, 0.5) is 0 Å². The Labute approximate surface area is 159 Å². The zero-order valence-corrected chi connectivity index (χ0v) is 15.3. The van der Waals surface area contributed by atoms with Crippen LogP contribution >= 0.6 is 0 Å². The molecule has 2 N–H and O–H groups in total. The van der Waals surface area contributed by atoms with Gasteiger partial charge in [-0.3, -0.25) is 10.1 Å². The first kappa shape index (κ1) is 17.3. The molecule has 4 rings (SSSR count). The lowest BCUT2D eigenvalue weighted by molar-refractivity contribution is 0.0943. The standard InChI is InChI=1S/C24H22N2O/c1-17-9-5-6-12-19(17)15-26-23(18-10-3-2-4-11-18)24(27)21-16-25-22-14-8-7-13-20(21)22/h2-14,16,23,25-26H,15H2,1H3/t23-/m1/s1. The molecule has 0 amide bonds. The fraction of sp³-hybridized carbons (Fsp3) is 0.125. The molecule has 0 bridgehead atoms. The maximum absolute atomic E-state index is 13.4. The van der Waals surface area contributed by atoms with Crippen molar-refractivity contribution in [2.45, 2.75) is 19.5 Å². The summed E-state index contributed by atoms with van der Waals surface area (Å²) >= 11 is 0. The Hall–Kier alpha value is -3.17. The maximum Gasteiger partial charge on any atom is 0.186 e. The van der Waals surface area contributed by atoms with Gasteiger partial charge in [-0.2, -0.15) is 0 Å². The number of ketones is 1. The van der Waals surface area contributed by atoms with Gasteiger partial charge in [-0.1, -0.05) is 72.8 Å². The lowest BCUT2D eigenvalue weighted by Gasteiger charge is -2.19. The molecule has 0 aliphatic rings. The number of hydrogen-bond acceptors (Lipinski definition) is 2. The number of benzene rings is 3. The van der Waals surface area contributed by atoms with Crippen molar-refractivity contribution in [1.29, 1.82) is 0 Å². The Kier molecular flexibility index (Phi) is 4.86. The molecule has 0 unspecified atom stereocenters. The van der Waals surface area contributed by atoms with Gasteiger partial charge in [0.1, 0.15) is 0 Å². The number of rotatable bonds is 6. The summed E-state index contributed by atoms with van der Waals surface area (Å²) in [5.74, 6) is 0.0761. The molecule has 0 aliphatic carbocycles. The van der Waals surface area contributed by atoms with E-state index in [4.69, 9.17) is 0 Å². The number of carbonyl (C=O) groups is 1. The first-order chi connectivity index (χ1) is 13.2. The molecule has 3 aromatic carbocycles. The van der Waals surface area contributed by atoms with Crippen LogP contribution in [0.2, 0.25) is 0 Å². The van der Waals surface area contributed by atoms with Gasteiger partial charge in [0.15, 0.2) is 5.78 Å². The summed E-state index contributed by atoms with van der Waals surface area (Å²) in [4.78, 5) is 16.7. The largest absolute Gasteiger partial charge is 0.360 e. The van der Waals surface area contributed by atoms with Crippen LogP contribution in [0.5, 0.6) is 0 Å². The van der Waals surface area contributed by atoms with Gasteiger partial charge in [-0.25, -0.2) is 0 Å². The van der Waals surface area contributed by atoms with E-state index in [9.17, 15) is 4.79 Å². The molecule has 1 atom stereocenters. The number of aromatic amines is 1. The number of hydrogen-bond donors (Lipinski definition) is 2. The van der Waals surface area contributed by atoms with Gasteiger partial charge in [0.25, 0.3) is 0 Å². The smallest absolute Gasteiger partial charge is 0.186 e. The second kappa shape index (κ2) is 7.60. The molecule has 0 saturated carbocycles. The second-order valence-corrected chi connectivity index (χ2v) is 6.76. The SMILES string of the molecule is Cc1ccccc1CN[C@@H](C(=O)c1c[nH]c2ccccc12)c1ccccc1. The predicted octanol–water partition coefficient (Wildman–Crippen LogP) is 5.19. The van der Waals surface area contributed by atoms with Crippen LogP contribution in [0.1, 0.15) is 33.1 Å². The monoisotopic (exact) mass is 354 g/mol. The number of aromatic nitrogens is 1. The van der Waals surface area contributed by atoms with Crippen LogP contribution in [0.3, 0.4) is 0 Å². The van der Waals surface area contributed by atoms with E-state index in [-0.39, 0.29) is 5.78 Å². The molecule has 4 aromatic rings. The van der Waals surface area contributed by atoms with E-state index in [1.54, 1.807) is 0 Å². The Morgan fingerprint density at radius 1 is 0.926 bits per heavy atom. The molecule has 0 saturated heterocycles. The average molecular weight is 354 g/mol. The van der Waals surface area contributed by atoms with Gasteiger partial charge in [-0.05, 0) is 29.7 Å². The molecule has 0 spiro atoms. The highest BCUT2D eigenvalue weighted by molar-refractivity contribution is 6.10. The van der Waals surface area contributed by atoms with Crippen molar-refractivity contribution in [2.75, 3.05) is 0 Å². The molecule has 27 heavy (non-hydrogen) atoms. The van der Waals surface area contributed by atoms with Gasteiger partial charge < -0.3 is 4.98 Å². The topological polar surface area (TPSA) is 44.9 Å². The first-order valence-electron chi connectivity index (χ1n) is 9.17. The molecule has 1 aromatic heterocycles. The lowest BCUT2D eigenvalue weighted by atomic mass is 9.96. The normalized spacial score (nSPS) is 12.2. The summed E-state index contributed by atoms with van der Waals surface area (Å²) in [5.41, 5.74) is 5.09. The number of fused-ring (bicyclic) bond motifs is 1. The van der Waals surface area contributed by atoms with Crippen LogP contribution in [-0.4, -0.2) is 10.8 Å². The molecule has 0 radical (unpaired) electrons. The van der Waals surface area contributed by atoms with Crippen LogP contribution in [0.25, 0.3) is 10.9 Å². The molecule has 1 heterocycles. The number of carbonyl (C=O) groups excluding carboxylic acids is 1. The maximum atomic E-state index is 13.4. The highest BCUT2D eigenvalue weighted by Gasteiger charge is 2.24. The number of para-hydroxylation sites is 1. The van der Waals surface area contributed by atoms with Crippen molar-refractivity contribution in [3.63, 3.8) is 0 Å². The summed E-state index contributed by atoms with van der Waals surface area (Å²) in [6, 6.07) is 25.7. The highest BCUT2D eigenvalue weighted by atomic mass is 16.1. The minimum Gasteiger partial charge on any atom is -0.360 e. The Bertz CT molecular complexity index is 1070. The fourth-order valence-electron chi connectivity index (χ4n) is 3.46. The molecule has 0 fully saturated rings. The van der Waals surface area contributed by atoms with Crippen molar-refractivity contribution < 1.29 is 4.79 Å². The molecule has 3 nitrogen and oxygen atoms in total. The van der Waals surface area contributed by atoms with Crippen molar-refractivity contribution in [3.8, 4) is 0 Å². The fourth-order valence-corrected chi connectivity index (χ4v) is 3.46. The van der Waals surface area contributed by atoms with Gasteiger partial charge in [0, 0.05) is 29.2 Å². The van der Waals surface area contributed by atoms with Gasteiger partial charge in [0.2, 0.25) is 0 Å². The highest BCUT2D eigenvalue weighted by Crippen LogP contribution is 2.25. The Balaban J connectivity index is 1.68. The summed E-state index contributed by atoms with van der Waals surface area (Å²) in [5, 5.41) is 4.44. The van der Waals surface area contributed by atoms with Gasteiger partial charge >= 0.3 is 0 Å². The quantitative estimate of drug-likeness (QED) is 0.468. The van der Waals surface area contributed by atoms with Crippen molar-refractivity contribution in [3.05, 3.63) is 107 Å². The van der Waals surface area contributed by atoms with Crippen molar-refractivity contribution >= 4 is 16.7 Å². The number of aryl methyl sites for hydroxylation is 1. The minimum atomic E-state index is -0.398. The van der Waals surface area contributed by atoms with E-state index in [1.807, 2.05) is 72.9 Å². The van der Waals surface area contributed by atoms with E-state index >= 15 is 0 Å². The van der Waals surface area contributed by atoms with Crippen LogP contribution in [0.15, 0.2) is 85.1 Å². The van der Waals surface area contributed by atoms with E-state index in [2.05, 4.69) is 29.4 Å². The third-order valence-corrected chi connectivity index (χ3v) is 5.01. The number of Topliss-reactive ketones (excluding diaryl/α,β-unsaturated/α-hetero) is 1. The van der Waals surface area contributed by atoms with Crippen molar-refractivity contribution in [2.24, 2.45) is 0 Å². The third kappa shape index (κ3) is 3.55. The van der Waals surface area contributed by atoms with Crippen LogP contribution in [0, 0.1) is 6.92 Å². The third-order valence-electron chi connectivity index (χ3n) is 5.01. The molecule has 0 aliphatic heterocycles. The first-order valence-corrected chi connectivity index (χ1v) is 9.17. The van der Waals surface area contributed by atoms with Gasteiger partial charge in [0.05, 0.1) is 6.04 Å². The zero-order chi connectivity index (χ0) is 18.6. The van der Waals surface area contributed by atoms with E-state index in [0.29, 0.717) is 6.54 Å². The van der Waals surface area contributed by atoms with E-state index in [1.165, 1.54) is 11.1 Å². The molecular weight excluding hydrogens is 332 g/mol. The van der Waals surface area contributed by atoms with E-state index < -0.39 is 6.04 Å². The Morgan fingerprint density at radius 2 is 1.63 bits per heavy atom. The summed E-state index contributed by atoms with van der Waals surface area (Å²) < 4.78 is 0. The predicted molar refractivity (Wildman–Crippen MR) is 110 cm³/mol. The molecule has 3 heteroatoms. The second-order valence-electron chi connectivity index (χ2n) is 6.76. The average Bonchev–Trinajstić information content (AvgIpc) is 3.14. The summed E-state index contributed by atoms with van der Waals surface area (Å²) in [6.45, 7) is 2.73. The lowest BCUT2D eigenvalue weighted by Crippen LogP contribution is -2.28. The number of nitrogens with one attached hydrogen (secondary N) is 2. The minimum absolute atomic E-state index is 0.0761. The number of H-pyrrole nitrogens is 1. The summed E-state index contributed by atoms with van der Waals surface area (Å²) in [7, 11) is 0. The summed E-state index contributed by atoms with van der Waals surface area (Å²) in [6.07, 6.45) is 1.82. The van der Waals surface area contributed by atoms with Crippen LogP contribution < -0.4 is 5.32 Å². The zero-order valence-electron chi connectivity index (χ0n) is 15.3. The van der Waals surface area contributed by atoms with E-state index in [0.717, 1.165) is 22.0 Å². The van der Waals surface area contributed by atoms with Gasteiger partial charge in [-0.15, -0.1) is 0 Å².